The third-order valence-corrected chi connectivity index (χ3v) is 3.85. The fourth-order valence-electron chi connectivity index (χ4n) is 1.93. The molecule has 1 amide bonds. The van der Waals surface area contributed by atoms with E-state index in [4.69, 9.17) is 32.7 Å². The average molecular weight is 346 g/mol. The molecule has 1 aliphatic rings. The normalized spacial score (nSPS) is 15.0. The Morgan fingerprint density at radius 3 is 2.68 bits per heavy atom. The van der Waals surface area contributed by atoms with Gasteiger partial charge in [0.2, 0.25) is 0 Å². The van der Waals surface area contributed by atoms with Crippen LogP contribution in [-0.4, -0.2) is 31.1 Å². The summed E-state index contributed by atoms with van der Waals surface area (Å²) in [6.45, 7) is 1.31. The van der Waals surface area contributed by atoms with Crippen molar-refractivity contribution >= 4 is 35.1 Å². The van der Waals surface area contributed by atoms with Crippen LogP contribution in [0, 0.1) is 5.92 Å². The van der Waals surface area contributed by atoms with Gasteiger partial charge in [-0.3, -0.25) is 4.79 Å². The van der Waals surface area contributed by atoms with Gasteiger partial charge in [0.1, 0.15) is 5.75 Å². The highest BCUT2D eigenvalue weighted by atomic mass is 35.5. The van der Waals surface area contributed by atoms with Gasteiger partial charge in [0.05, 0.1) is 5.02 Å². The number of hydrogen-bond donors (Lipinski definition) is 1. The Kier molecular flexibility index (Phi) is 5.91. The van der Waals surface area contributed by atoms with E-state index in [-0.39, 0.29) is 25.2 Å². The van der Waals surface area contributed by atoms with E-state index in [9.17, 15) is 9.59 Å². The summed E-state index contributed by atoms with van der Waals surface area (Å²) in [5.74, 6) is -0.0672. The van der Waals surface area contributed by atoms with E-state index in [0.29, 0.717) is 21.7 Å². The zero-order valence-corrected chi connectivity index (χ0v) is 13.6. The number of esters is 1. The highest BCUT2D eigenvalue weighted by Gasteiger charge is 2.28. The summed E-state index contributed by atoms with van der Waals surface area (Å²) in [5.41, 5.74) is 0. The molecule has 0 spiro atoms. The number of halogens is 2. The van der Waals surface area contributed by atoms with Crippen molar-refractivity contribution in [1.82, 2.24) is 5.32 Å². The molecule has 1 aromatic rings. The number of nitrogens with one attached hydrogen (secondary N) is 1. The monoisotopic (exact) mass is 345 g/mol. The molecule has 0 aromatic heterocycles. The van der Waals surface area contributed by atoms with E-state index in [1.54, 1.807) is 12.1 Å². The van der Waals surface area contributed by atoms with E-state index < -0.39 is 5.97 Å². The standard InChI is InChI=1S/C15H17Cl2NO4/c1-9(10-2-3-10)18-14(19)7-22-15(20)8-21-13-5-4-11(16)6-12(13)17/h4-6,9-10H,2-3,7-8H2,1H3,(H,18,19)/t9-/m1/s1. The fraction of sp³-hybridized carbons (Fsp3) is 0.467. The Labute approximate surface area is 138 Å². The molecule has 0 radical (unpaired) electrons. The molecule has 0 aliphatic heterocycles. The average Bonchev–Trinajstić information content (AvgIpc) is 3.28. The quantitative estimate of drug-likeness (QED) is 0.771. The van der Waals surface area contributed by atoms with Gasteiger partial charge in [-0.25, -0.2) is 4.79 Å². The van der Waals surface area contributed by atoms with Crippen molar-refractivity contribution in [2.75, 3.05) is 13.2 Å². The predicted molar refractivity (Wildman–Crippen MR) is 83.2 cm³/mol. The van der Waals surface area contributed by atoms with Gasteiger partial charge in [-0.05, 0) is 43.9 Å². The molecule has 0 bridgehead atoms. The molecule has 22 heavy (non-hydrogen) atoms. The van der Waals surface area contributed by atoms with E-state index in [2.05, 4.69) is 5.32 Å². The number of carbonyl (C=O) groups is 2. The zero-order chi connectivity index (χ0) is 16.1. The lowest BCUT2D eigenvalue weighted by molar-refractivity contribution is -0.150. The third kappa shape index (κ3) is 5.39. The van der Waals surface area contributed by atoms with Gasteiger partial charge in [0, 0.05) is 11.1 Å². The zero-order valence-electron chi connectivity index (χ0n) is 12.1. The molecule has 1 aliphatic carbocycles. The number of carbonyl (C=O) groups excluding carboxylic acids is 2. The van der Waals surface area contributed by atoms with Crippen LogP contribution in [0.25, 0.3) is 0 Å². The van der Waals surface area contributed by atoms with Crippen molar-refractivity contribution in [2.24, 2.45) is 5.92 Å². The van der Waals surface area contributed by atoms with Gasteiger partial charge in [-0.2, -0.15) is 0 Å². The van der Waals surface area contributed by atoms with Gasteiger partial charge in [0.25, 0.3) is 5.91 Å². The number of rotatable bonds is 7. The highest BCUT2D eigenvalue weighted by Crippen LogP contribution is 2.32. The molecule has 120 valence electrons. The molecule has 1 atom stereocenters. The molecule has 1 aromatic carbocycles. The van der Waals surface area contributed by atoms with Crippen molar-refractivity contribution in [3.8, 4) is 5.75 Å². The topological polar surface area (TPSA) is 64.6 Å². The maximum atomic E-state index is 11.6. The first kappa shape index (κ1) is 16.9. The van der Waals surface area contributed by atoms with Crippen molar-refractivity contribution in [1.29, 1.82) is 0 Å². The molecular weight excluding hydrogens is 329 g/mol. The van der Waals surface area contributed by atoms with Gasteiger partial charge in [0.15, 0.2) is 13.2 Å². The first-order valence-electron chi connectivity index (χ1n) is 6.98. The minimum absolute atomic E-state index is 0.121. The van der Waals surface area contributed by atoms with Crippen LogP contribution in [0.2, 0.25) is 10.0 Å². The van der Waals surface area contributed by atoms with Crippen LogP contribution in [0.5, 0.6) is 5.75 Å². The van der Waals surface area contributed by atoms with Crippen molar-refractivity contribution in [2.45, 2.75) is 25.8 Å². The molecular formula is C15H17Cl2NO4. The first-order valence-corrected chi connectivity index (χ1v) is 7.74. The number of amides is 1. The third-order valence-electron chi connectivity index (χ3n) is 3.32. The van der Waals surface area contributed by atoms with Gasteiger partial charge < -0.3 is 14.8 Å². The smallest absolute Gasteiger partial charge is 0.344 e. The van der Waals surface area contributed by atoms with Gasteiger partial charge in [-0.15, -0.1) is 0 Å². The summed E-state index contributed by atoms with van der Waals surface area (Å²) in [4.78, 5) is 23.1. The predicted octanol–water partition coefficient (Wildman–Crippen LogP) is 2.83. The highest BCUT2D eigenvalue weighted by molar-refractivity contribution is 6.35. The minimum atomic E-state index is -0.639. The van der Waals surface area contributed by atoms with Crippen LogP contribution >= 0.6 is 23.2 Å². The molecule has 0 heterocycles. The first-order chi connectivity index (χ1) is 10.5. The summed E-state index contributed by atoms with van der Waals surface area (Å²) >= 11 is 11.7. The summed E-state index contributed by atoms with van der Waals surface area (Å²) in [7, 11) is 0. The molecule has 1 N–H and O–H groups in total. The second kappa shape index (κ2) is 7.70. The van der Waals surface area contributed by atoms with E-state index >= 15 is 0 Å². The Balaban J connectivity index is 1.67. The Morgan fingerprint density at radius 2 is 2.05 bits per heavy atom. The second-order valence-corrected chi connectivity index (χ2v) is 6.06. The SMILES string of the molecule is C[C@@H](NC(=O)COC(=O)COc1ccc(Cl)cc1Cl)C1CC1. The maximum Gasteiger partial charge on any atom is 0.344 e. The van der Waals surface area contributed by atoms with Crippen LogP contribution in [-0.2, 0) is 14.3 Å². The molecule has 7 heteroatoms. The van der Waals surface area contributed by atoms with Crippen LogP contribution in [0.4, 0.5) is 0 Å². The van der Waals surface area contributed by atoms with Crippen LogP contribution in [0.15, 0.2) is 18.2 Å². The van der Waals surface area contributed by atoms with Crippen LogP contribution in [0.3, 0.4) is 0 Å². The molecule has 1 saturated carbocycles. The van der Waals surface area contributed by atoms with Gasteiger partial charge in [-0.1, -0.05) is 23.2 Å². The summed E-state index contributed by atoms with van der Waals surface area (Å²) in [6.07, 6.45) is 2.27. The molecule has 5 nitrogen and oxygen atoms in total. The number of benzene rings is 1. The largest absolute Gasteiger partial charge is 0.480 e. The molecule has 0 saturated heterocycles. The summed E-state index contributed by atoms with van der Waals surface area (Å²) < 4.78 is 10.1. The maximum absolute atomic E-state index is 11.6. The summed E-state index contributed by atoms with van der Waals surface area (Å²) in [6, 6.07) is 4.79. The lowest BCUT2D eigenvalue weighted by Crippen LogP contribution is -2.37. The van der Waals surface area contributed by atoms with E-state index in [1.807, 2.05) is 6.92 Å². The number of hydrogen-bond acceptors (Lipinski definition) is 4. The minimum Gasteiger partial charge on any atom is -0.480 e. The van der Waals surface area contributed by atoms with E-state index in [0.717, 1.165) is 12.8 Å². The lowest BCUT2D eigenvalue weighted by Gasteiger charge is -2.13. The number of ether oxygens (including phenoxy) is 2. The molecule has 1 fully saturated rings. The van der Waals surface area contributed by atoms with E-state index in [1.165, 1.54) is 6.07 Å². The van der Waals surface area contributed by atoms with Crippen LogP contribution in [0.1, 0.15) is 19.8 Å². The Morgan fingerprint density at radius 1 is 1.32 bits per heavy atom. The van der Waals surface area contributed by atoms with Crippen LogP contribution < -0.4 is 10.1 Å². The molecule has 2 rings (SSSR count). The Hall–Kier alpha value is -1.46. The van der Waals surface area contributed by atoms with Crippen molar-refractivity contribution in [3.63, 3.8) is 0 Å². The fourth-order valence-corrected chi connectivity index (χ4v) is 2.39. The summed E-state index contributed by atoms with van der Waals surface area (Å²) in [5, 5.41) is 3.57. The lowest BCUT2D eigenvalue weighted by atomic mass is 10.2. The van der Waals surface area contributed by atoms with Crippen molar-refractivity contribution in [3.05, 3.63) is 28.2 Å². The van der Waals surface area contributed by atoms with Gasteiger partial charge >= 0.3 is 5.97 Å². The van der Waals surface area contributed by atoms with Crippen molar-refractivity contribution < 1.29 is 19.1 Å². The molecule has 0 unspecified atom stereocenters. The Bertz CT molecular complexity index is 560. The second-order valence-electron chi connectivity index (χ2n) is 5.22.